The van der Waals surface area contributed by atoms with Crippen LogP contribution in [0.3, 0.4) is 0 Å². The molecule has 0 aliphatic carbocycles. The van der Waals surface area contributed by atoms with E-state index in [1.165, 1.54) is 10.6 Å². The zero-order chi connectivity index (χ0) is 19.3. The van der Waals surface area contributed by atoms with E-state index in [1.54, 1.807) is 18.4 Å². The van der Waals surface area contributed by atoms with E-state index in [0.29, 0.717) is 11.4 Å². The highest BCUT2D eigenvalue weighted by molar-refractivity contribution is 7.92. The van der Waals surface area contributed by atoms with Crippen LogP contribution in [0.15, 0.2) is 41.0 Å². The molecule has 26 heavy (non-hydrogen) atoms. The smallest absolute Gasteiger partial charge is 0.232 e. The number of carbonyl (C=O) groups is 1. The van der Waals surface area contributed by atoms with Crippen molar-refractivity contribution >= 4 is 21.6 Å². The maximum Gasteiger partial charge on any atom is 0.232 e. The molecule has 1 amide bonds. The molecule has 7 heteroatoms. The number of anilines is 1. The van der Waals surface area contributed by atoms with Gasteiger partial charge in [-0.2, -0.15) is 0 Å². The summed E-state index contributed by atoms with van der Waals surface area (Å²) in [6.45, 7) is 6.31. The van der Waals surface area contributed by atoms with Crippen molar-refractivity contribution in [3.63, 3.8) is 0 Å². The summed E-state index contributed by atoms with van der Waals surface area (Å²) in [5.41, 5.74) is 2.49. The average molecular weight is 378 g/mol. The van der Waals surface area contributed by atoms with Gasteiger partial charge in [-0.3, -0.25) is 9.10 Å². The average Bonchev–Trinajstić information content (AvgIpc) is 3.06. The van der Waals surface area contributed by atoms with Gasteiger partial charge in [-0.1, -0.05) is 32.0 Å². The topological polar surface area (TPSA) is 79.6 Å². The van der Waals surface area contributed by atoms with Crippen LogP contribution in [-0.2, 0) is 21.4 Å². The third kappa shape index (κ3) is 5.11. The molecule has 0 atom stereocenters. The van der Waals surface area contributed by atoms with Gasteiger partial charge in [-0.25, -0.2) is 8.42 Å². The molecule has 0 aliphatic rings. The van der Waals surface area contributed by atoms with Crippen LogP contribution >= 0.6 is 0 Å². The van der Waals surface area contributed by atoms with Crippen molar-refractivity contribution in [2.24, 2.45) is 0 Å². The van der Waals surface area contributed by atoms with Crippen molar-refractivity contribution in [1.29, 1.82) is 0 Å². The van der Waals surface area contributed by atoms with Crippen molar-refractivity contribution in [3.05, 3.63) is 53.5 Å². The van der Waals surface area contributed by atoms with Gasteiger partial charge in [0.2, 0.25) is 15.9 Å². The molecule has 0 fully saturated rings. The van der Waals surface area contributed by atoms with Crippen molar-refractivity contribution in [1.82, 2.24) is 5.32 Å². The Balaban J connectivity index is 2.16. The quantitative estimate of drug-likeness (QED) is 0.765. The second kappa shape index (κ2) is 8.40. The van der Waals surface area contributed by atoms with E-state index < -0.39 is 10.0 Å². The van der Waals surface area contributed by atoms with E-state index in [9.17, 15) is 13.2 Å². The first-order valence-electron chi connectivity index (χ1n) is 8.56. The van der Waals surface area contributed by atoms with Gasteiger partial charge in [0.1, 0.15) is 5.76 Å². The van der Waals surface area contributed by atoms with E-state index in [-0.39, 0.29) is 31.3 Å². The highest BCUT2D eigenvalue weighted by atomic mass is 32.2. The lowest BCUT2D eigenvalue weighted by Crippen LogP contribution is -2.35. The Morgan fingerprint density at radius 1 is 1.23 bits per heavy atom. The summed E-state index contributed by atoms with van der Waals surface area (Å²) in [6, 6.07) is 9.26. The summed E-state index contributed by atoms with van der Waals surface area (Å²) in [7, 11) is -3.52. The van der Waals surface area contributed by atoms with Crippen LogP contribution < -0.4 is 9.62 Å². The van der Waals surface area contributed by atoms with E-state index in [4.69, 9.17) is 4.42 Å². The fraction of sp³-hybridized carbons (Fsp3) is 0.421. The summed E-state index contributed by atoms with van der Waals surface area (Å²) < 4.78 is 31.3. The Labute approximate surface area is 155 Å². The Morgan fingerprint density at radius 2 is 1.96 bits per heavy atom. The van der Waals surface area contributed by atoms with Gasteiger partial charge >= 0.3 is 0 Å². The summed E-state index contributed by atoms with van der Waals surface area (Å²) in [5, 5.41) is 2.74. The zero-order valence-corrected chi connectivity index (χ0v) is 16.5. The number of carbonyl (C=O) groups excluding carboxylic acids is 1. The fourth-order valence-corrected chi connectivity index (χ4v) is 3.83. The molecular weight excluding hydrogens is 352 g/mol. The number of furan rings is 1. The van der Waals surface area contributed by atoms with E-state index in [0.717, 1.165) is 11.1 Å². The number of hydrogen-bond acceptors (Lipinski definition) is 4. The molecule has 0 radical (unpaired) electrons. The van der Waals surface area contributed by atoms with Gasteiger partial charge in [-0.15, -0.1) is 0 Å². The Morgan fingerprint density at radius 3 is 2.54 bits per heavy atom. The zero-order valence-electron chi connectivity index (χ0n) is 15.7. The molecule has 0 aliphatic heterocycles. The Hall–Kier alpha value is -2.28. The first-order valence-corrected chi connectivity index (χ1v) is 10.4. The first-order chi connectivity index (χ1) is 12.2. The van der Waals surface area contributed by atoms with Crippen molar-refractivity contribution in [3.8, 4) is 0 Å². The van der Waals surface area contributed by atoms with Crippen molar-refractivity contribution in [2.75, 3.05) is 17.1 Å². The molecule has 2 aromatic rings. The number of aryl methyl sites for hydroxylation is 1. The van der Waals surface area contributed by atoms with Gasteiger partial charge in [0.15, 0.2) is 0 Å². The van der Waals surface area contributed by atoms with Crippen LogP contribution in [0, 0.1) is 6.92 Å². The molecule has 1 aromatic carbocycles. The standard InChI is InChI=1S/C19H26N2O4S/c1-14(2)17-9-5-7-15(3)19(17)21(26(4,23)24)11-10-18(22)20-13-16-8-6-12-25-16/h5-9,12,14H,10-11,13H2,1-4H3,(H,20,22). The van der Waals surface area contributed by atoms with Crippen LogP contribution in [0.2, 0.25) is 0 Å². The van der Waals surface area contributed by atoms with Gasteiger partial charge in [-0.05, 0) is 36.1 Å². The van der Waals surface area contributed by atoms with E-state index in [1.807, 2.05) is 39.0 Å². The first kappa shape index (κ1) is 20.0. The number of hydrogen-bond donors (Lipinski definition) is 1. The molecule has 1 aromatic heterocycles. The lowest BCUT2D eigenvalue weighted by molar-refractivity contribution is -0.121. The molecule has 0 spiro atoms. The van der Waals surface area contributed by atoms with Crippen molar-refractivity contribution < 1.29 is 17.6 Å². The van der Waals surface area contributed by atoms with Crippen LogP contribution in [-0.4, -0.2) is 27.1 Å². The number of nitrogens with zero attached hydrogens (tertiary/aromatic N) is 1. The molecule has 0 bridgehead atoms. The lowest BCUT2D eigenvalue weighted by atomic mass is 9.98. The third-order valence-corrected chi connectivity index (χ3v) is 5.29. The Bertz CT molecular complexity index is 842. The minimum Gasteiger partial charge on any atom is -0.467 e. The monoisotopic (exact) mass is 378 g/mol. The van der Waals surface area contributed by atoms with Crippen LogP contribution in [0.4, 0.5) is 5.69 Å². The summed E-state index contributed by atoms with van der Waals surface area (Å²) >= 11 is 0. The summed E-state index contributed by atoms with van der Waals surface area (Å²) in [5.74, 6) is 0.593. The molecular formula is C19H26N2O4S. The normalized spacial score (nSPS) is 11.6. The molecule has 6 nitrogen and oxygen atoms in total. The van der Waals surface area contributed by atoms with Gasteiger partial charge < -0.3 is 9.73 Å². The minimum absolute atomic E-state index is 0.0691. The van der Waals surface area contributed by atoms with E-state index in [2.05, 4.69) is 5.32 Å². The minimum atomic E-state index is -3.52. The maximum absolute atomic E-state index is 12.4. The number of benzene rings is 1. The number of nitrogens with one attached hydrogen (secondary N) is 1. The second-order valence-corrected chi connectivity index (χ2v) is 8.52. The van der Waals surface area contributed by atoms with Crippen molar-refractivity contribution in [2.45, 2.75) is 39.7 Å². The third-order valence-electron chi connectivity index (χ3n) is 4.12. The number of sulfonamides is 1. The van der Waals surface area contributed by atoms with Gasteiger partial charge in [0.05, 0.1) is 24.8 Å². The highest BCUT2D eigenvalue weighted by Gasteiger charge is 2.24. The molecule has 142 valence electrons. The van der Waals surface area contributed by atoms with Crippen LogP contribution in [0.25, 0.3) is 0 Å². The largest absolute Gasteiger partial charge is 0.467 e. The molecule has 1 heterocycles. The van der Waals surface area contributed by atoms with Crippen LogP contribution in [0.5, 0.6) is 0 Å². The summed E-state index contributed by atoms with van der Waals surface area (Å²) in [6.07, 6.45) is 2.78. The fourth-order valence-electron chi connectivity index (χ4n) is 2.82. The predicted octanol–water partition coefficient (Wildman–Crippen LogP) is 3.18. The van der Waals surface area contributed by atoms with Gasteiger partial charge in [0.25, 0.3) is 0 Å². The van der Waals surface area contributed by atoms with Gasteiger partial charge in [0, 0.05) is 13.0 Å². The highest BCUT2D eigenvalue weighted by Crippen LogP contribution is 2.32. The predicted molar refractivity (Wildman–Crippen MR) is 103 cm³/mol. The molecule has 0 saturated heterocycles. The molecule has 0 unspecified atom stereocenters. The SMILES string of the molecule is Cc1cccc(C(C)C)c1N(CCC(=O)NCc1ccco1)S(C)(=O)=O. The molecule has 2 rings (SSSR count). The number of para-hydroxylation sites is 1. The number of amides is 1. The van der Waals surface area contributed by atoms with Crippen LogP contribution in [0.1, 0.15) is 43.1 Å². The lowest BCUT2D eigenvalue weighted by Gasteiger charge is -2.27. The second-order valence-electron chi connectivity index (χ2n) is 6.61. The maximum atomic E-state index is 12.4. The number of rotatable bonds is 8. The Kier molecular flexibility index (Phi) is 6.47. The molecule has 1 N–H and O–H groups in total. The van der Waals surface area contributed by atoms with E-state index >= 15 is 0 Å². The molecule has 0 saturated carbocycles. The summed E-state index contributed by atoms with van der Waals surface area (Å²) in [4.78, 5) is 12.1.